The molecule has 1 aliphatic carbocycles. The fourth-order valence-corrected chi connectivity index (χ4v) is 2.50. The van der Waals surface area contributed by atoms with E-state index in [0.29, 0.717) is 17.3 Å². The second-order valence-electron chi connectivity index (χ2n) is 6.16. The Bertz CT molecular complexity index is 445. The number of hydrogen-bond donors (Lipinski definition) is 1. The molecule has 0 aromatic carbocycles. The summed E-state index contributed by atoms with van der Waals surface area (Å²) < 4.78 is 5.38. The van der Waals surface area contributed by atoms with Crippen LogP contribution in [0.1, 0.15) is 45.9 Å². The van der Waals surface area contributed by atoms with Crippen molar-refractivity contribution in [3.8, 4) is 0 Å². The highest BCUT2D eigenvalue weighted by molar-refractivity contribution is 6.29. The van der Waals surface area contributed by atoms with E-state index in [2.05, 4.69) is 36.1 Å². The minimum atomic E-state index is -0.105. The minimum absolute atomic E-state index is 0.105. The molecule has 0 radical (unpaired) electrons. The monoisotopic (exact) mass is 283 g/mol. The second kappa shape index (κ2) is 5.63. The average Bonchev–Trinajstić information content (AvgIpc) is 2.75. The van der Waals surface area contributed by atoms with Crippen molar-refractivity contribution in [3.05, 3.63) is 17.0 Å². The Balaban J connectivity index is 2.11. The van der Waals surface area contributed by atoms with Gasteiger partial charge in [-0.15, -0.1) is 0 Å². The lowest BCUT2D eigenvalue weighted by atomic mass is 9.96. The summed E-state index contributed by atoms with van der Waals surface area (Å²) in [5.41, 5.74) is -0.105. The largest absolute Gasteiger partial charge is 0.381 e. The van der Waals surface area contributed by atoms with Crippen LogP contribution in [0, 0.1) is 0 Å². The zero-order valence-electron chi connectivity index (χ0n) is 12.0. The normalized spacial score (nSPS) is 23.6. The molecule has 4 nitrogen and oxygen atoms in total. The number of halogens is 1. The van der Waals surface area contributed by atoms with Crippen LogP contribution in [0.4, 0.5) is 5.82 Å². The number of nitrogens with zero attached hydrogens (tertiary/aromatic N) is 2. The molecule has 2 atom stereocenters. The quantitative estimate of drug-likeness (QED) is 0.864. The first-order valence-corrected chi connectivity index (χ1v) is 7.10. The second-order valence-corrected chi connectivity index (χ2v) is 6.55. The Morgan fingerprint density at radius 1 is 1.32 bits per heavy atom. The van der Waals surface area contributed by atoms with Crippen LogP contribution in [-0.2, 0) is 10.2 Å². The Labute approximate surface area is 119 Å². The van der Waals surface area contributed by atoms with E-state index in [1.807, 2.05) is 0 Å². The van der Waals surface area contributed by atoms with Crippen molar-refractivity contribution < 1.29 is 4.74 Å². The maximum absolute atomic E-state index is 6.08. The van der Waals surface area contributed by atoms with Crippen LogP contribution in [0.15, 0.2) is 6.07 Å². The fourth-order valence-electron chi connectivity index (χ4n) is 2.32. The zero-order chi connectivity index (χ0) is 14.0. The molecule has 1 N–H and O–H groups in total. The predicted molar refractivity (Wildman–Crippen MR) is 77.8 cm³/mol. The van der Waals surface area contributed by atoms with E-state index in [-0.39, 0.29) is 5.41 Å². The highest BCUT2D eigenvalue weighted by Gasteiger charge is 2.25. The maximum Gasteiger partial charge on any atom is 0.137 e. The van der Waals surface area contributed by atoms with Gasteiger partial charge in [0.2, 0.25) is 0 Å². The summed E-state index contributed by atoms with van der Waals surface area (Å²) >= 11 is 6.08. The van der Waals surface area contributed by atoms with Gasteiger partial charge >= 0.3 is 0 Å². The van der Waals surface area contributed by atoms with Crippen molar-refractivity contribution in [2.24, 2.45) is 0 Å². The molecule has 0 spiro atoms. The Morgan fingerprint density at radius 3 is 2.63 bits per heavy atom. The molecule has 1 fully saturated rings. The maximum atomic E-state index is 6.08. The van der Waals surface area contributed by atoms with E-state index in [4.69, 9.17) is 16.3 Å². The number of ether oxygens (including phenoxy) is 1. The minimum Gasteiger partial charge on any atom is -0.381 e. The van der Waals surface area contributed by atoms with Crippen LogP contribution < -0.4 is 5.32 Å². The first-order valence-electron chi connectivity index (χ1n) is 6.73. The van der Waals surface area contributed by atoms with Gasteiger partial charge in [0.25, 0.3) is 0 Å². The van der Waals surface area contributed by atoms with Crippen molar-refractivity contribution in [2.75, 3.05) is 12.4 Å². The Hall–Kier alpha value is -0.870. The van der Waals surface area contributed by atoms with Crippen LogP contribution in [0.5, 0.6) is 0 Å². The van der Waals surface area contributed by atoms with E-state index in [1.54, 1.807) is 13.2 Å². The first kappa shape index (κ1) is 14.5. The highest BCUT2D eigenvalue weighted by atomic mass is 35.5. The van der Waals surface area contributed by atoms with E-state index in [0.717, 1.165) is 30.9 Å². The van der Waals surface area contributed by atoms with Crippen LogP contribution in [0.25, 0.3) is 0 Å². The number of hydrogen-bond acceptors (Lipinski definition) is 4. The van der Waals surface area contributed by atoms with Crippen molar-refractivity contribution in [2.45, 2.75) is 57.6 Å². The molecule has 1 aromatic heterocycles. The third kappa shape index (κ3) is 3.80. The van der Waals surface area contributed by atoms with Crippen molar-refractivity contribution in [1.29, 1.82) is 0 Å². The summed E-state index contributed by atoms with van der Waals surface area (Å²) in [6, 6.07) is 2.19. The third-order valence-electron chi connectivity index (χ3n) is 3.44. The summed E-state index contributed by atoms with van der Waals surface area (Å²) in [4.78, 5) is 8.87. The van der Waals surface area contributed by atoms with Gasteiger partial charge in [-0.2, -0.15) is 0 Å². The number of methoxy groups -OCH3 is 1. The van der Waals surface area contributed by atoms with Gasteiger partial charge in [0.05, 0.1) is 6.10 Å². The molecule has 0 saturated heterocycles. The molecule has 19 heavy (non-hydrogen) atoms. The fraction of sp³-hybridized carbons (Fsp3) is 0.714. The van der Waals surface area contributed by atoms with Crippen LogP contribution in [-0.4, -0.2) is 29.2 Å². The summed E-state index contributed by atoms with van der Waals surface area (Å²) in [6.45, 7) is 6.25. The standard InChI is InChI=1S/C14H22ClN3O/c1-14(2,3)13-17-11(15)8-12(18-13)16-9-5-6-10(7-9)19-4/h8-10H,5-7H2,1-4H3,(H,16,17,18). The van der Waals surface area contributed by atoms with Gasteiger partial charge < -0.3 is 10.1 Å². The summed E-state index contributed by atoms with van der Waals surface area (Å²) in [5, 5.41) is 3.93. The molecule has 106 valence electrons. The molecule has 0 bridgehead atoms. The van der Waals surface area contributed by atoms with Gasteiger partial charge in [0.1, 0.15) is 16.8 Å². The number of nitrogens with one attached hydrogen (secondary N) is 1. The molecule has 0 amide bonds. The van der Waals surface area contributed by atoms with E-state index < -0.39 is 0 Å². The molecule has 2 rings (SSSR count). The Kier molecular flexibility index (Phi) is 4.31. The SMILES string of the molecule is COC1CCC(Nc2cc(Cl)nc(C(C)(C)C)n2)C1. The molecule has 1 saturated carbocycles. The molecule has 5 heteroatoms. The third-order valence-corrected chi connectivity index (χ3v) is 3.63. The summed E-state index contributed by atoms with van der Waals surface area (Å²) in [5.74, 6) is 1.58. The van der Waals surface area contributed by atoms with E-state index in [1.165, 1.54) is 0 Å². The van der Waals surface area contributed by atoms with Gasteiger partial charge in [-0.1, -0.05) is 32.4 Å². The molecule has 0 aliphatic heterocycles. The van der Waals surface area contributed by atoms with Crippen LogP contribution in [0.2, 0.25) is 5.15 Å². The molecular weight excluding hydrogens is 262 g/mol. The highest BCUT2D eigenvalue weighted by Crippen LogP contribution is 2.26. The Morgan fingerprint density at radius 2 is 2.05 bits per heavy atom. The first-order chi connectivity index (χ1) is 8.88. The molecule has 1 aromatic rings. The molecule has 1 aliphatic rings. The lowest BCUT2D eigenvalue weighted by Gasteiger charge is -2.19. The van der Waals surface area contributed by atoms with Crippen molar-refractivity contribution >= 4 is 17.4 Å². The van der Waals surface area contributed by atoms with Gasteiger partial charge in [-0.05, 0) is 19.3 Å². The molecular formula is C14H22ClN3O. The zero-order valence-corrected chi connectivity index (χ0v) is 12.8. The smallest absolute Gasteiger partial charge is 0.137 e. The summed E-state index contributed by atoms with van der Waals surface area (Å²) in [6.07, 6.45) is 3.57. The number of aromatic nitrogens is 2. The van der Waals surface area contributed by atoms with Gasteiger partial charge in [0, 0.05) is 24.6 Å². The number of anilines is 1. The average molecular weight is 284 g/mol. The molecule has 1 heterocycles. The number of rotatable bonds is 3. The summed E-state index contributed by atoms with van der Waals surface area (Å²) in [7, 11) is 1.77. The van der Waals surface area contributed by atoms with Crippen molar-refractivity contribution in [1.82, 2.24) is 9.97 Å². The van der Waals surface area contributed by atoms with Crippen molar-refractivity contribution in [3.63, 3.8) is 0 Å². The van der Waals surface area contributed by atoms with Gasteiger partial charge in [-0.25, -0.2) is 9.97 Å². The molecule has 2 unspecified atom stereocenters. The lowest BCUT2D eigenvalue weighted by molar-refractivity contribution is 0.108. The predicted octanol–water partition coefficient (Wildman–Crippen LogP) is 3.41. The van der Waals surface area contributed by atoms with Crippen LogP contribution in [0.3, 0.4) is 0 Å². The van der Waals surface area contributed by atoms with Crippen LogP contribution >= 0.6 is 11.6 Å². The van der Waals surface area contributed by atoms with Gasteiger partial charge in [0.15, 0.2) is 0 Å². The van der Waals surface area contributed by atoms with E-state index in [9.17, 15) is 0 Å². The van der Waals surface area contributed by atoms with E-state index >= 15 is 0 Å². The van der Waals surface area contributed by atoms with Gasteiger partial charge in [-0.3, -0.25) is 0 Å². The topological polar surface area (TPSA) is 47.0 Å². The lowest BCUT2D eigenvalue weighted by Crippen LogP contribution is -2.21.